The molecular weight excluding hydrogens is 234 g/mol. The van der Waals surface area contributed by atoms with E-state index in [2.05, 4.69) is 20.3 Å². The number of hydrogen-bond acceptors (Lipinski definition) is 4. The number of rotatable bonds is 4. The van der Waals surface area contributed by atoms with Crippen LogP contribution < -0.4 is 5.32 Å². The zero-order valence-electron chi connectivity index (χ0n) is 9.90. The highest BCUT2D eigenvalue weighted by atomic mass is 16.5. The van der Waals surface area contributed by atoms with Gasteiger partial charge in [-0.3, -0.25) is 14.7 Å². The summed E-state index contributed by atoms with van der Waals surface area (Å²) in [4.78, 5) is 22.7. The Bertz CT molecular complexity index is 577. The highest BCUT2D eigenvalue weighted by molar-refractivity contribution is 6.04. The van der Waals surface area contributed by atoms with Crippen molar-refractivity contribution in [2.75, 3.05) is 13.7 Å². The molecular formula is C12H13N3O3. The standard InChI is InChI=1S/C12H13N3O3/c1-18-10(16)6-7-13-12(17)11-8-4-2-3-5-9(8)14-15-11/h2-5H,6-7H2,1H3,(H,13,17)(H,14,15). The van der Waals surface area contributed by atoms with E-state index in [4.69, 9.17) is 0 Å². The van der Waals surface area contributed by atoms with Crippen molar-refractivity contribution >= 4 is 22.8 Å². The lowest BCUT2D eigenvalue weighted by Crippen LogP contribution is -2.26. The van der Waals surface area contributed by atoms with Crippen molar-refractivity contribution in [3.05, 3.63) is 30.0 Å². The Morgan fingerprint density at radius 1 is 1.39 bits per heavy atom. The summed E-state index contributed by atoms with van der Waals surface area (Å²) in [5.41, 5.74) is 1.13. The van der Waals surface area contributed by atoms with Crippen LogP contribution in [0.15, 0.2) is 24.3 Å². The largest absolute Gasteiger partial charge is 0.469 e. The van der Waals surface area contributed by atoms with Gasteiger partial charge in [0.25, 0.3) is 5.91 Å². The fourth-order valence-electron chi connectivity index (χ4n) is 1.60. The zero-order chi connectivity index (χ0) is 13.0. The van der Waals surface area contributed by atoms with Gasteiger partial charge < -0.3 is 10.1 Å². The molecule has 0 spiro atoms. The second-order valence-corrected chi connectivity index (χ2v) is 3.70. The van der Waals surface area contributed by atoms with Crippen LogP contribution in [0.3, 0.4) is 0 Å². The van der Waals surface area contributed by atoms with E-state index in [-0.39, 0.29) is 24.8 Å². The summed E-state index contributed by atoms with van der Waals surface area (Å²) in [5, 5.41) is 10.1. The normalized spacial score (nSPS) is 10.3. The number of fused-ring (bicyclic) bond motifs is 1. The molecule has 0 unspecified atom stereocenters. The second kappa shape index (κ2) is 5.31. The van der Waals surface area contributed by atoms with Crippen molar-refractivity contribution in [3.63, 3.8) is 0 Å². The molecule has 1 heterocycles. The van der Waals surface area contributed by atoms with Gasteiger partial charge in [0, 0.05) is 11.9 Å². The zero-order valence-corrected chi connectivity index (χ0v) is 9.90. The summed E-state index contributed by atoms with van der Waals surface area (Å²) < 4.78 is 4.48. The topological polar surface area (TPSA) is 84.1 Å². The van der Waals surface area contributed by atoms with Crippen LogP contribution in [0.2, 0.25) is 0 Å². The van der Waals surface area contributed by atoms with Crippen LogP contribution in [0.4, 0.5) is 0 Å². The second-order valence-electron chi connectivity index (χ2n) is 3.70. The van der Waals surface area contributed by atoms with Crippen LogP contribution in [-0.2, 0) is 9.53 Å². The highest BCUT2D eigenvalue weighted by Gasteiger charge is 2.13. The molecule has 94 valence electrons. The smallest absolute Gasteiger partial charge is 0.307 e. The maximum absolute atomic E-state index is 11.8. The van der Waals surface area contributed by atoms with E-state index in [9.17, 15) is 9.59 Å². The predicted octanol–water partition coefficient (Wildman–Crippen LogP) is 0.856. The Morgan fingerprint density at radius 3 is 2.94 bits per heavy atom. The number of methoxy groups -OCH3 is 1. The number of H-pyrrole nitrogens is 1. The Hall–Kier alpha value is -2.37. The third-order valence-corrected chi connectivity index (χ3v) is 2.53. The Kier molecular flexibility index (Phi) is 3.57. The first kappa shape index (κ1) is 12.1. The number of ether oxygens (including phenoxy) is 1. The van der Waals surface area contributed by atoms with Crippen molar-refractivity contribution in [1.29, 1.82) is 0 Å². The maximum Gasteiger partial charge on any atom is 0.307 e. The molecule has 0 aliphatic carbocycles. The van der Waals surface area contributed by atoms with Crippen molar-refractivity contribution < 1.29 is 14.3 Å². The minimum absolute atomic E-state index is 0.143. The molecule has 1 aromatic carbocycles. The summed E-state index contributed by atoms with van der Waals surface area (Å²) >= 11 is 0. The number of aromatic nitrogens is 2. The van der Waals surface area contributed by atoms with E-state index >= 15 is 0 Å². The maximum atomic E-state index is 11.8. The number of esters is 1. The Balaban J connectivity index is 2.03. The monoisotopic (exact) mass is 247 g/mol. The number of nitrogens with one attached hydrogen (secondary N) is 2. The van der Waals surface area contributed by atoms with Gasteiger partial charge in [-0.15, -0.1) is 0 Å². The summed E-state index contributed by atoms with van der Waals surface area (Å²) in [6.45, 7) is 0.229. The molecule has 0 saturated carbocycles. The molecule has 6 nitrogen and oxygen atoms in total. The first-order chi connectivity index (χ1) is 8.72. The molecule has 0 aliphatic rings. The molecule has 0 bridgehead atoms. The number of carbonyl (C=O) groups excluding carboxylic acids is 2. The fourth-order valence-corrected chi connectivity index (χ4v) is 1.60. The number of hydrogen-bond donors (Lipinski definition) is 2. The average molecular weight is 247 g/mol. The Labute approximate surface area is 103 Å². The van der Waals surface area contributed by atoms with Crippen molar-refractivity contribution in [3.8, 4) is 0 Å². The molecule has 2 N–H and O–H groups in total. The number of nitrogens with zero attached hydrogens (tertiary/aromatic N) is 1. The van der Waals surface area contributed by atoms with Gasteiger partial charge >= 0.3 is 5.97 Å². The van der Waals surface area contributed by atoms with Gasteiger partial charge in [0.05, 0.1) is 19.0 Å². The van der Waals surface area contributed by atoms with Crippen LogP contribution in [0.25, 0.3) is 10.9 Å². The number of carbonyl (C=O) groups is 2. The molecule has 0 atom stereocenters. The molecule has 2 rings (SSSR count). The van der Waals surface area contributed by atoms with E-state index in [1.54, 1.807) is 0 Å². The molecule has 0 aliphatic heterocycles. The van der Waals surface area contributed by atoms with Gasteiger partial charge in [-0.2, -0.15) is 5.10 Å². The lowest BCUT2D eigenvalue weighted by Gasteiger charge is -2.02. The lowest BCUT2D eigenvalue weighted by atomic mass is 10.2. The van der Waals surface area contributed by atoms with Gasteiger partial charge in [-0.1, -0.05) is 18.2 Å². The molecule has 0 saturated heterocycles. The number of aromatic amines is 1. The SMILES string of the molecule is COC(=O)CCNC(=O)c1n[nH]c2ccccc12. The minimum atomic E-state index is -0.359. The fraction of sp³-hybridized carbons (Fsp3) is 0.250. The molecule has 1 amide bonds. The van der Waals surface area contributed by atoms with Crippen LogP contribution in [-0.4, -0.2) is 35.7 Å². The number of amides is 1. The van der Waals surface area contributed by atoms with Crippen LogP contribution in [0, 0.1) is 0 Å². The van der Waals surface area contributed by atoms with Gasteiger partial charge in [0.1, 0.15) is 0 Å². The summed E-state index contributed by atoms with van der Waals surface area (Å²) in [6.07, 6.45) is 0.143. The third kappa shape index (κ3) is 2.48. The minimum Gasteiger partial charge on any atom is -0.469 e. The van der Waals surface area contributed by atoms with E-state index in [1.165, 1.54) is 7.11 Å². The van der Waals surface area contributed by atoms with Crippen molar-refractivity contribution in [1.82, 2.24) is 15.5 Å². The molecule has 2 aromatic rings. The molecule has 0 fully saturated rings. The van der Waals surface area contributed by atoms with Crippen LogP contribution >= 0.6 is 0 Å². The van der Waals surface area contributed by atoms with Gasteiger partial charge in [0.15, 0.2) is 5.69 Å². The van der Waals surface area contributed by atoms with E-state index in [1.807, 2.05) is 24.3 Å². The summed E-state index contributed by atoms with van der Waals surface area (Å²) in [7, 11) is 1.31. The quantitative estimate of drug-likeness (QED) is 0.785. The first-order valence-electron chi connectivity index (χ1n) is 5.50. The molecule has 6 heteroatoms. The molecule has 18 heavy (non-hydrogen) atoms. The molecule has 0 radical (unpaired) electrons. The average Bonchev–Trinajstić information content (AvgIpc) is 2.82. The van der Waals surface area contributed by atoms with E-state index in [0.29, 0.717) is 5.69 Å². The molecule has 1 aromatic heterocycles. The van der Waals surface area contributed by atoms with E-state index < -0.39 is 0 Å². The van der Waals surface area contributed by atoms with Gasteiger partial charge in [-0.25, -0.2) is 0 Å². The van der Waals surface area contributed by atoms with Crippen molar-refractivity contribution in [2.45, 2.75) is 6.42 Å². The van der Waals surface area contributed by atoms with Gasteiger partial charge in [-0.05, 0) is 6.07 Å². The van der Waals surface area contributed by atoms with Crippen LogP contribution in [0.1, 0.15) is 16.9 Å². The Morgan fingerprint density at radius 2 is 2.17 bits per heavy atom. The van der Waals surface area contributed by atoms with Crippen molar-refractivity contribution in [2.24, 2.45) is 0 Å². The highest BCUT2D eigenvalue weighted by Crippen LogP contribution is 2.14. The number of benzene rings is 1. The predicted molar refractivity (Wildman–Crippen MR) is 65.1 cm³/mol. The van der Waals surface area contributed by atoms with E-state index in [0.717, 1.165) is 10.9 Å². The van der Waals surface area contributed by atoms with Gasteiger partial charge in [0.2, 0.25) is 0 Å². The third-order valence-electron chi connectivity index (χ3n) is 2.53. The summed E-state index contributed by atoms with van der Waals surface area (Å²) in [5.74, 6) is -0.668. The first-order valence-corrected chi connectivity index (χ1v) is 5.50. The summed E-state index contributed by atoms with van der Waals surface area (Å²) in [6, 6.07) is 7.35. The van der Waals surface area contributed by atoms with Crippen LogP contribution in [0.5, 0.6) is 0 Å². The lowest BCUT2D eigenvalue weighted by molar-refractivity contribution is -0.140. The number of para-hydroxylation sites is 1.